The van der Waals surface area contributed by atoms with Crippen molar-refractivity contribution in [1.82, 2.24) is 4.72 Å². The van der Waals surface area contributed by atoms with Gasteiger partial charge in [0.05, 0.1) is 6.42 Å². The van der Waals surface area contributed by atoms with E-state index in [0.717, 1.165) is 22.5 Å². The number of aliphatic carboxylic acids is 1. The van der Waals surface area contributed by atoms with Crippen molar-refractivity contribution in [1.29, 1.82) is 0 Å². The Morgan fingerprint density at radius 3 is 2.71 bits per heavy atom. The molecular weight excluding hydrogens is 310 g/mol. The molecule has 2 rings (SSSR count). The van der Waals surface area contributed by atoms with Crippen LogP contribution in [0.4, 0.5) is 0 Å². The summed E-state index contributed by atoms with van der Waals surface area (Å²) in [5, 5.41) is 8.70. The number of carboxylic acid groups (broad SMARTS) is 1. The Bertz CT molecular complexity index is 750. The highest BCUT2D eigenvalue weighted by atomic mass is 32.2. The Labute approximate surface area is 127 Å². The predicted molar refractivity (Wildman–Crippen MR) is 80.9 cm³/mol. The molecule has 7 heteroatoms. The van der Waals surface area contributed by atoms with Gasteiger partial charge in [0.2, 0.25) is 10.0 Å². The van der Waals surface area contributed by atoms with E-state index in [1.165, 1.54) is 12.1 Å². The molecule has 0 bridgehead atoms. The number of benzene rings is 1. The highest BCUT2D eigenvalue weighted by Gasteiger charge is 2.17. The van der Waals surface area contributed by atoms with Crippen molar-refractivity contribution in [3.05, 3.63) is 52.4 Å². The predicted octanol–water partition coefficient (Wildman–Crippen LogP) is 2.16. The smallest absolute Gasteiger partial charge is 0.308 e. The maximum atomic E-state index is 12.1. The molecule has 0 saturated heterocycles. The second-order valence-electron chi connectivity index (χ2n) is 4.60. The van der Waals surface area contributed by atoms with Gasteiger partial charge in [-0.15, -0.1) is 11.3 Å². The van der Waals surface area contributed by atoms with Crippen molar-refractivity contribution < 1.29 is 18.3 Å². The molecule has 0 spiro atoms. The maximum absolute atomic E-state index is 12.1. The van der Waals surface area contributed by atoms with Gasteiger partial charge in [-0.3, -0.25) is 4.79 Å². The monoisotopic (exact) mass is 325 g/mol. The summed E-state index contributed by atoms with van der Waals surface area (Å²) >= 11 is 0.975. The van der Waals surface area contributed by atoms with E-state index in [0.29, 0.717) is 4.88 Å². The molecule has 0 aliphatic heterocycles. The van der Waals surface area contributed by atoms with Gasteiger partial charge in [0.25, 0.3) is 0 Å². The minimum Gasteiger partial charge on any atom is -0.481 e. The third kappa shape index (κ3) is 4.38. The van der Waals surface area contributed by atoms with Crippen molar-refractivity contribution in [3.8, 4) is 0 Å². The van der Waals surface area contributed by atoms with Gasteiger partial charge in [-0.1, -0.05) is 29.8 Å². The first-order chi connectivity index (χ1) is 9.87. The third-order valence-corrected chi connectivity index (χ3v) is 5.75. The van der Waals surface area contributed by atoms with Crippen LogP contribution in [-0.2, 0) is 27.8 Å². The van der Waals surface area contributed by atoms with E-state index in [2.05, 4.69) is 4.72 Å². The molecule has 0 unspecified atom stereocenters. The zero-order valence-electron chi connectivity index (χ0n) is 11.4. The second kappa shape index (κ2) is 6.38. The topological polar surface area (TPSA) is 83.5 Å². The first kappa shape index (κ1) is 15.7. The SMILES string of the molecule is Cc1cccc(CNS(=O)(=O)c2ccc(CC(=O)O)s2)c1. The fraction of sp³-hybridized carbons (Fsp3) is 0.214. The quantitative estimate of drug-likeness (QED) is 0.852. The van der Waals surface area contributed by atoms with Crippen molar-refractivity contribution in [2.75, 3.05) is 0 Å². The Morgan fingerprint density at radius 1 is 1.29 bits per heavy atom. The summed E-state index contributed by atoms with van der Waals surface area (Å²) in [6, 6.07) is 10.5. The zero-order valence-corrected chi connectivity index (χ0v) is 13.0. The normalized spacial score (nSPS) is 11.5. The largest absolute Gasteiger partial charge is 0.481 e. The van der Waals surface area contributed by atoms with E-state index in [9.17, 15) is 13.2 Å². The van der Waals surface area contributed by atoms with Crippen LogP contribution in [0.1, 0.15) is 16.0 Å². The molecule has 1 aromatic carbocycles. The Morgan fingerprint density at radius 2 is 2.05 bits per heavy atom. The number of sulfonamides is 1. The Hall–Kier alpha value is -1.70. The number of carboxylic acids is 1. The second-order valence-corrected chi connectivity index (χ2v) is 7.77. The molecule has 0 amide bonds. The van der Waals surface area contributed by atoms with Crippen molar-refractivity contribution >= 4 is 27.3 Å². The molecule has 112 valence electrons. The molecule has 0 fully saturated rings. The van der Waals surface area contributed by atoms with Gasteiger partial charge < -0.3 is 5.11 Å². The lowest BCUT2D eigenvalue weighted by molar-refractivity contribution is -0.136. The Kier molecular flexibility index (Phi) is 4.76. The van der Waals surface area contributed by atoms with Crippen LogP contribution in [0.25, 0.3) is 0 Å². The summed E-state index contributed by atoms with van der Waals surface area (Å²) in [6.45, 7) is 2.14. The molecule has 0 aliphatic rings. The maximum Gasteiger partial charge on any atom is 0.308 e. The van der Waals surface area contributed by atoms with E-state index in [1.54, 1.807) is 0 Å². The lowest BCUT2D eigenvalue weighted by atomic mass is 10.1. The van der Waals surface area contributed by atoms with Gasteiger partial charge in [0.15, 0.2) is 0 Å². The van der Waals surface area contributed by atoms with Gasteiger partial charge in [-0.2, -0.15) is 0 Å². The number of hydrogen-bond acceptors (Lipinski definition) is 4. The molecule has 21 heavy (non-hydrogen) atoms. The van der Waals surface area contributed by atoms with Gasteiger partial charge in [0.1, 0.15) is 4.21 Å². The van der Waals surface area contributed by atoms with Gasteiger partial charge in [-0.05, 0) is 24.6 Å². The molecule has 1 heterocycles. The lowest BCUT2D eigenvalue weighted by Gasteiger charge is -2.05. The van der Waals surface area contributed by atoms with Crippen LogP contribution >= 0.6 is 11.3 Å². The lowest BCUT2D eigenvalue weighted by Crippen LogP contribution is -2.22. The fourth-order valence-corrected chi connectivity index (χ4v) is 4.23. The average Bonchev–Trinajstić information content (AvgIpc) is 2.85. The summed E-state index contributed by atoms with van der Waals surface area (Å²) < 4.78 is 26.9. The van der Waals surface area contributed by atoms with Crippen LogP contribution in [0.2, 0.25) is 0 Å². The molecular formula is C14H15NO4S2. The van der Waals surface area contributed by atoms with E-state index in [-0.39, 0.29) is 17.2 Å². The van der Waals surface area contributed by atoms with Crippen molar-refractivity contribution in [3.63, 3.8) is 0 Å². The summed E-state index contributed by atoms with van der Waals surface area (Å²) in [4.78, 5) is 11.1. The highest BCUT2D eigenvalue weighted by molar-refractivity contribution is 7.91. The van der Waals surface area contributed by atoms with Crippen LogP contribution in [-0.4, -0.2) is 19.5 Å². The average molecular weight is 325 g/mol. The highest BCUT2D eigenvalue weighted by Crippen LogP contribution is 2.22. The minimum absolute atomic E-state index is 0.131. The number of nitrogens with one attached hydrogen (secondary N) is 1. The first-order valence-electron chi connectivity index (χ1n) is 6.22. The van der Waals surface area contributed by atoms with Gasteiger partial charge in [-0.25, -0.2) is 13.1 Å². The third-order valence-electron chi connectivity index (χ3n) is 2.78. The zero-order chi connectivity index (χ0) is 15.5. The van der Waals surface area contributed by atoms with Gasteiger partial charge >= 0.3 is 5.97 Å². The molecule has 2 aromatic rings. The van der Waals surface area contributed by atoms with Crippen LogP contribution in [0.3, 0.4) is 0 Å². The van der Waals surface area contributed by atoms with Crippen LogP contribution in [0.15, 0.2) is 40.6 Å². The molecule has 1 aromatic heterocycles. The van der Waals surface area contributed by atoms with Crippen LogP contribution < -0.4 is 4.72 Å². The van der Waals surface area contributed by atoms with E-state index >= 15 is 0 Å². The number of thiophene rings is 1. The van der Waals surface area contributed by atoms with E-state index in [4.69, 9.17) is 5.11 Å². The van der Waals surface area contributed by atoms with Crippen LogP contribution in [0.5, 0.6) is 0 Å². The standard InChI is InChI=1S/C14H15NO4S2/c1-10-3-2-4-11(7-10)9-15-21(18,19)14-6-5-12(20-14)8-13(16)17/h2-7,15H,8-9H2,1H3,(H,16,17). The first-order valence-corrected chi connectivity index (χ1v) is 8.52. The van der Waals surface area contributed by atoms with E-state index in [1.807, 2.05) is 31.2 Å². The fourth-order valence-electron chi connectivity index (χ4n) is 1.82. The summed E-state index contributed by atoms with van der Waals surface area (Å²) in [5.41, 5.74) is 1.94. The van der Waals surface area contributed by atoms with Crippen molar-refractivity contribution in [2.45, 2.75) is 24.1 Å². The molecule has 0 atom stereocenters. The van der Waals surface area contributed by atoms with E-state index < -0.39 is 16.0 Å². The summed E-state index contributed by atoms with van der Waals surface area (Å²) in [6.07, 6.45) is -0.169. The minimum atomic E-state index is -3.61. The summed E-state index contributed by atoms with van der Waals surface area (Å²) in [5.74, 6) is -0.978. The molecule has 0 aliphatic carbocycles. The Balaban J connectivity index is 2.08. The molecule has 2 N–H and O–H groups in total. The molecule has 0 radical (unpaired) electrons. The van der Waals surface area contributed by atoms with Crippen LogP contribution in [0, 0.1) is 6.92 Å². The number of carbonyl (C=O) groups is 1. The summed E-state index contributed by atoms with van der Waals surface area (Å²) in [7, 11) is -3.61. The number of aryl methyl sites for hydroxylation is 1. The molecule has 0 saturated carbocycles. The number of rotatable bonds is 6. The van der Waals surface area contributed by atoms with Crippen molar-refractivity contribution in [2.24, 2.45) is 0 Å². The van der Waals surface area contributed by atoms with Gasteiger partial charge in [0, 0.05) is 11.4 Å². The molecule has 5 nitrogen and oxygen atoms in total. The number of hydrogen-bond donors (Lipinski definition) is 2.